The van der Waals surface area contributed by atoms with Crippen molar-refractivity contribution in [1.82, 2.24) is 20.4 Å². The summed E-state index contributed by atoms with van der Waals surface area (Å²) in [4.78, 5) is 12.3. The number of hydrogen-bond donors (Lipinski definition) is 2. The van der Waals surface area contributed by atoms with Crippen LogP contribution in [0.4, 0.5) is 5.69 Å². The van der Waals surface area contributed by atoms with E-state index in [0.717, 1.165) is 91.0 Å². The quantitative estimate of drug-likeness (QED) is 0.184. The Hall–Kier alpha value is -1.10. The maximum absolute atomic E-state index is 5.41. The van der Waals surface area contributed by atoms with Crippen molar-refractivity contribution in [2.75, 3.05) is 90.1 Å². The van der Waals surface area contributed by atoms with E-state index in [9.17, 15) is 0 Å². The molecule has 0 unspecified atom stereocenters. The topological polar surface area (TPSA) is 55.4 Å². The van der Waals surface area contributed by atoms with Gasteiger partial charge in [-0.2, -0.15) is 0 Å². The number of unbranched alkanes of at least 4 members (excludes halogenated alkanes) is 1. The number of nitrogens with zero attached hydrogens (tertiary/aromatic N) is 4. The molecule has 0 aromatic heterocycles. The highest BCUT2D eigenvalue weighted by atomic mass is 127. The van der Waals surface area contributed by atoms with Crippen molar-refractivity contribution in [3.63, 3.8) is 0 Å². The van der Waals surface area contributed by atoms with Gasteiger partial charge in [-0.25, -0.2) is 0 Å². The minimum absolute atomic E-state index is 0. The second kappa shape index (κ2) is 16.5. The molecule has 33 heavy (non-hydrogen) atoms. The molecule has 3 rings (SSSR count). The molecule has 0 atom stereocenters. The first-order valence-corrected chi connectivity index (χ1v) is 12.6. The first-order valence-electron chi connectivity index (χ1n) is 12.6. The van der Waals surface area contributed by atoms with E-state index in [4.69, 9.17) is 9.73 Å². The van der Waals surface area contributed by atoms with E-state index in [-0.39, 0.29) is 24.0 Å². The van der Waals surface area contributed by atoms with Crippen LogP contribution in [0.25, 0.3) is 0 Å². The molecular weight excluding hydrogens is 527 g/mol. The molecule has 188 valence electrons. The summed E-state index contributed by atoms with van der Waals surface area (Å²) in [7, 11) is 0. The summed E-state index contributed by atoms with van der Waals surface area (Å²) in [5, 5.41) is 6.88. The molecule has 7 nitrogen and oxygen atoms in total. The predicted octanol–water partition coefficient (Wildman–Crippen LogP) is 2.79. The molecule has 0 amide bonds. The lowest BCUT2D eigenvalue weighted by Crippen LogP contribution is -2.46. The number of benzene rings is 1. The van der Waals surface area contributed by atoms with Gasteiger partial charge in [-0.15, -0.1) is 24.0 Å². The molecule has 2 aliphatic heterocycles. The van der Waals surface area contributed by atoms with Crippen molar-refractivity contribution in [1.29, 1.82) is 0 Å². The first kappa shape index (κ1) is 28.1. The summed E-state index contributed by atoms with van der Waals surface area (Å²) in [5.74, 6) is 0.959. The number of ether oxygens (including phenoxy) is 1. The van der Waals surface area contributed by atoms with Crippen molar-refractivity contribution in [3.05, 3.63) is 29.8 Å². The molecule has 1 aromatic carbocycles. The van der Waals surface area contributed by atoms with Crippen molar-refractivity contribution >= 4 is 35.6 Å². The molecule has 2 heterocycles. The molecule has 2 N–H and O–H groups in total. The average molecular weight is 573 g/mol. The van der Waals surface area contributed by atoms with Gasteiger partial charge in [0, 0.05) is 71.1 Å². The lowest BCUT2D eigenvalue weighted by molar-refractivity contribution is 0.0377. The Morgan fingerprint density at radius 1 is 0.939 bits per heavy atom. The molecule has 2 fully saturated rings. The van der Waals surface area contributed by atoms with Crippen LogP contribution in [0, 0.1) is 6.92 Å². The lowest BCUT2D eigenvalue weighted by atomic mass is 10.2. The van der Waals surface area contributed by atoms with Crippen LogP contribution in [0.5, 0.6) is 0 Å². The van der Waals surface area contributed by atoms with Crippen LogP contribution in [0.1, 0.15) is 31.7 Å². The largest absolute Gasteiger partial charge is 0.379 e. The minimum Gasteiger partial charge on any atom is -0.379 e. The van der Waals surface area contributed by atoms with Crippen LogP contribution in [0.3, 0.4) is 0 Å². The number of nitrogens with one attached hydrogen (secondary N) is 2. The number of anilines is 1. The lowest BCUT2D eigenvalue weighted by Gasteiger charge is -2.36. The Balaban J connectivity index is 0.00000385. The second-order valence-corrected chi connectivity index (χ2v) is 8.87. The Bertz CT molecular complexity index is 675. The fraction of sp³-hybridized carbons (Fsp3) is 0.720. The van der Waals surface area contributed by atoms with Gasteiger partial charge in [0.2, 0.25) is 0 Å². The molecule has 1 aromatic rings. The van der Waals surface area contributed by atoms with Crippen LogP contribution in [0.2, 0.25) is 0 Å². The maximum atomic E-state index is 5.41. The Kier molecular flexibility index (Phi) is 14.1. The second-order valence-electron chi connectivity index (χ2n) is 8.87. The van der Waals surface area contributed by atoms with Gasteiger partial charge in [-0.05, 0) is 57.4 Å². The van der Waals surface area contributed by atoms with E-state index >= 15 is 0 Å². The van der Waals surface area contributed by atoms with Gasteiger partial charge in [-0.3, -0.25) is 14.8 Å². The van der Waals surface area contributed by atoms with E-state index in [1.807, 2.05) is 0 Å². The standard InChI is InChI=1S/C25H44N6O.HI/c1-3-26-25(28-11-7-13-30-18-20-32-21-19-30)27-10-4-5-12-29-14-16-31(17-15-29)24-9-6-8-23(2)22-24;/h6,8-9,22H,3-5,7,10-21H2,1-2H3,(H2,26,27,28);1H. The van der Waals surface area contributed by atoms with E-state index in [0.29, 0.717) is 0 Å². The van der Waals surface area contributed by atoms with Crippen LogP contribution in [-0.4, -0.2) is 101 Å². The number of halogens is 1. The molecule has 0 spiro atoms. The third kappa shape index (κ3) is 10.8. The van der Waals surface area contributed by atoms with Crippen molar-refractivity contribution in [3.8, 4) is 0 Å². The summed E-state index contributed by atoms with van der Waals surface area (Å²) in [5.41, 5.74) is 2.71. The molecule has 0 aliphatic carbocycles. The zero-order chi connectivity index (χ0) is 22.4. The van der Waals surface area contributed by atoms with E-state index in [1.165, 1.54) is 30.6 Å². The molecule has 0 bridgehead atoms. The van der Waals surface area contributed by atoms with E-state index in [1.54, 1.807) is 0 Å². The molecule has 0 radical (unpaired) electrons. The van der Waals surface area contributed by atoms with E-state index < -0.39 is 0 Å². The summed E-state index contributed by atoms with van der Waals surface area (Å²) in [6.07, 6.45) is 3.51. The SMILES string of the molecule is CCNC(=NCCCN1CCOCC1)NCCCCN1CCN(c2cccc(C)c2)CC1.I. The number of guanidine groups is 1. The monoisotopic (exact) mass is 572 g/mol. The van der Waals surface area contributed by atoms with Crippen molar-refractivity contribution in [2.24, 2.45) is 4.99 Å². The summed E-state index contributed by atoms with van der Waals surface area (Å²) in [6.45, 7) is 17.8. The van der Waals surface area contributed by atoms with Gasteiger partial charge in [0.1, 0.15) is 0 Å². The van der Waals surface area contributed by atoms with Gasteiger partial charge in [0.15, 0.2) is 5.96 Å². The highest BCUT2D eigenvalue weighted by Gasteiger charge is 2.16. The van der Waals surface area contributed by atoms with Gasteiger partial charge in [-0.1, -0.05) is 12.1 Å². The summed E-state index contributed by atoms with van der Waals surface area (Å²) < 4.78 is 5.41. The predicted molar refractivity (Wildman–Crippen MR) is 150 cm³/mol. The van der Waals surface area contributed by atoms with Crippen molar-refractivity contribution < 1.29 is 4.74 Å². The zero-order valence-electron chi connectivity index (χ0n) is 20.7. The fourth-order valence-corrected chi connectivity index (χ4v) is 4.37. The smallest absolute Gasteiger partial charge is 0.191 e. The highest BCUT2D eigenvalue weighted by molar-refractivity contribution is 14.0. The highest BCUT2D eigenvalue weighted by Crippen LogP contribution is 2.17. The number of aliphatic imine (C=N–C) groups is 1. The van der Waals surface area contributed by atoms with Gasteiger partial charge < -0.3 is 20.3 Å². The van der Waals surface area contributed by atoms with Crippen LogP contribution >= 0.6 is 24.0 Å². The molecule has 2 saturated heterocycles. The molecule has 0 saturated carbocycles. The average Bonchev–Trinajstić information content (AvgIpc) is 2.82. The van der Waals surface area contributed by atoms with Gasteiger partial charge >= 0.3 is 0 Å². The maximum Gasteiger partial charge on any atom is 0.191 e. The number of hydrogen-bond acceptors (Lipinski definition) is 5. The number of piperazine rings is 1. The normalized spacial score (nSPS) is 18.1. The Labute approximate surface area is 218 Å². The van der Waals surface area contributed by atoms with Crippen LogP contribution in [-0.2, 0) is 4.74 Å². The fourth-order valence-electron chi connectivity index (χ4n) is 4.37. The Morgan fingerprint density at radius 3 is 2.39 bits per heavy atom. The summed E-state index contributed by atoms with van der Waals surface area (Å²) >= 11 is 0. The number of aryl methyl sites for hydroxylation is 1. The van der Waals surface area contributed by atoms with Gasteiger partial charge in [0.05, 0.1) is 13.2 Å². The van der Waals surface area contributed by atoms with Crippen molar-refractivity contribution in [2.45, 2.75) is 33.1 Å². The van der Waals surface area contributed by atoms with E-state index in [2.05, 4.69) is 63.4 Å². The Morgan fingerprint density at radius 2 is 1.67 bits per heavy atom. The van der Waals surface area contributed by atoms with Crippen LogP contribution < -0.4 is 15.5 Å². The summed E-state index contributed by atoms with van der Waals surface area (Å²) in [6, 6.07) is 8.87. The van der Waals surface area contributed by atoms with Gasteiger partial charge in [0.25, 0.3) is 0 Å². The molecule has 2 aliphatic rings. The van der Waals surface area contributed by atoms with Crippen LogP contribution in [0.15, 0.2) is 29.3 Å². The molecule has 8 heteroatoms. The number of morpholine rings is 1. The third-order valence-corrected chi connectivity index (χ3v) is 6.28. The number of rotatable bonds is 11. The third-order valence-electron chi connectivity index (χ3n) is 6.28. The molecular formula is C25H45IN6O. The zero-order valence-corrected chi connectivity index (χ0v) is 23.1. The first-order chi connectivity index (χ1) is 15.7. The minimum atomic E-state index is 0.